The van der Waals surface area contributed by atoms with Crippen molar-refractivity contribution in [2.45, 2.75) is 32.9 Å². The van der Waals surface area contributed by atoms with Crippen LogP contribution >= 0.6 is 15.9 Å². The number of nitro groups is 1. The second-order valence-electron chi connectivity index (χ2n) is 5.41. The highest BCUT2D eigenvalue weighted by Crippen LogP contribution is 2.25. The minimum Gasteiger partial charge on any atom is -0.475 e. The number of aromatic nitrogens is 4. The molecule has 1 amide bonds. The molecule has 0 aliphatic carbocycles. The quantitative estimate of drug-likeness (QED) is 0.400. The molecule has 0 aromatic carbocycles. The molecule has 2 aromatic heterocycles. The highest BCUT2D eigenvalue weighted by Gasteiger charge is 2.24. The van der Waals surface area contributed by atoms with Gasteiger partial charge < -0.3 is 10.1 Å². The Labute approximate surface area is 152 Å². The smallest absolute Gasteiger partial charge is 0.350 e. The maximum absolute atomic E-state index is 12.2. The first-order chi connectivity index (χ1) is 11.8. The molecule has 0 saturated carbocycles. The van der Waals surface area contributed by atoms with E-state index in [1.807, 2.05) is 13.1 Å². The van der Waals surface area contributed by atoms with Gasteiger partial charge in [0.1, 0.15) is 12.2 Å². The van der Waals surface area contributed by atoms with Crippen molar-refractivity contribution < 1.29 is 14.5 Å². The van der Waals surface area contributed by atoms with Gasteiger partial charge in [0.15, 0.2) is 0 Å². The van der Waals surface area contributed by atoms with Gasteiger partial charge in [-0.2, -0.15) is 5.10 Å². The van der Waals surface area contributed by atoms with Crippen molar-refractivity contribution in [3.05, 3.63) is 32.7 Å². The van der Waals surface area contributed by atoms with E-state index in [9.17, 15) is 14.9 Å². The molecule has 2 heterocycles. The zero-order valence-electron chi connectivity index (χ0n) is 14.1. The highest BCUT2D eigenvalue weighted by molar-refractivity contribution is 9.10. The minimum absolute atomic E-state index is 0.121. The zero-order valence-corrected chi connectivity index (χ0v) is 15.7. The van der Waals surface area contributed by atoms with Crippen LogP contribution in [0.25, 0.3) is 0 Å². The lowest BCUT2D eigenvalue weighted by molar-refractivity contribution is -0.385. The summed E-state index contributed by atoms with van der Waals surface area (Å²) >= 11 is 3.40. The topological polar surface area (TPSA) is 117 Å². The summed E-state index contributed by atoms with van der Waals surface area (Å²) < 4.78 is 8.83. The first-order valence-electron chi connectivity index (χ1n) is 7.58. The fourth-order valence-corrected chi connectivity index (χ4v) is 2.48. The maximum atomic E-state index is 12.2. The Morgan fingerprint density at radius 2 is 2.20 bits per heavy atom. The first kappa shape index (κ1) is 18.9. The average molecular weight is 415 g/mol. The molecule has 10 nitrogen and oxygen atoms in total. The molecule has 0 aliphatic rings. The minimum atomic E-state index is -0.691. The summed E-state index contributed by atoms with van der Waals surface area (Å²) in [6.07, 6.45) is 3.77. The molecule has 1 unspecified atom stereocenters. The second-order valence-corrected chi connectivity index (χ2v) is 6.26. The van der Waals surface area contributed by atoms with Gasteiger partial charge in [0.05, 0.1) is 22.2 Å². The number of methoxy groups -OCH3 is 1. The van der Waals surface area contributed by atoms with E-state index < -0.39 is 11.0 Å². The van der Waals surface area contributed by atoms with Crippen LogP contribution < -0.4 is 10.1 Å². The number of nitrogens with one attached hydrogen (secondary N) is 1. The molecular formula is C14H19BrN6O4. The number of aryl methyl sites for hydroxylation is 2. The third kappa shape index (κ3) is 4.56. The summed E-state index contributed by atoms with van der Waals surface area (Å²) in [5, 5.41) is 21.9. The van der Waals surface area contributed by atoms with Crippen LogP contribution in [0.1, 0.15) is 25.1 Å². The summed E-state index contributed by atoms with van der Waals surface area (Å²) in [4.78, 5) is 22.5. The molecule has 0 radical (unpaired) electrons. The lowest BCUT2D eigenvalue weighted by atomic mass is 10.3. The molecule has 0 saturated heterocycles. The SMILES string of the molecule is COc1nn(C(C)C(=O)NCCCn2cc(Br)c(C)n2)cc1[N+](=O)[O-]. The van der Waals surface area contributed by atoms with Crippen molar-refractivity contribution in [1.29, 1.82) is 0 Å². The van der Waals surface area contributed by atoms with Crippen LogP contribution in [0.4, 0.5) is 5.69 Å². The lowest BCUT2D eigenvalue weighted by Crippen LogP contribution is -2.32. The molecule has 136 valence electrons. The van der Waals surface area contributed by atoms with Gasteiger partial charge in [-0.05, 0) is 36.2 Å². The molecule has 1 N–H and O–H groups in total. The van der Waals surface area contributed by atoms with E-state index in [0.29, 0.717) is 19.5 Å². The summed E-state index contributed by atoms with van der Waals surface area (Å²) in [6, 6.07) is -0.691. The van der Waals surface area contributed by atoms with Gasteiger partial charge in [0.25, 0.3) is 0 Å². The van der Waals surface area contributed by atoms with E-state index in [1.165, 1.54) is 18.0 Å². The average Bonchev–Trinajstić information content (AvgIpc) is 3.14. The zero-order chi connectivity index (χ0) is 18.6. The molecule has 1 atom stereocenters. The molecule has 2 rings (SSSR count). The fourth-order valence-electron chi connectivity index (χ4n) is 2.16. The third-order valence-electron chi connectivity index (χ3n) is 3.60. The van der Waals surface area contributed by atoms with E-state index in [0.717, 1.165) is 10.2 Å². The fraction of sp³-hybridized carbons (Fsp3) is 0.500. The van der Waals surface area contributed by atoms with Crippen LogP contribution in [0.5, 0.6) is 5.88 Å². The van der Waals surface area contributed by atoms with Crippen molar-refractivity contribution in [2.75, 3.05) is 13.7 Å². The molecule has 2 aromatic rings. The van der Waals surface area contributed by atoms with E-state index in [4.69, 9.17) is 4.74 Å². The molecular weight excluding hydrogens is 396 g/mol. The van der Waals surface area contributed by atoms with Gasteiger partial charge in [-0.25, -0.2) is 4.68 Å². The largest absolute Gasteiger partial charge is 0.475 e. The number of amides is 1. The van der Waals surface area contributed by atoms with Gasteiger partial charge in [-0.15, -0.1) is 5.10 Å². The number of ether oxygens (including phenoxy) is 1. The van der Waals surface area contributed by atoms with Crippen molar-refractivity contribution >= 4 is 27.5 Å². The normalized spacial score (nSPS) is 12.0. The molecule has 0 bridgehead atoms. The van der Waals surface area contributed by atoms with Crippen molar-refractivity contribution in [3.8, 4) is 5.88 Å². The predicted molar refractivity (Wildman–Crippen MR) is 92.4 cm³/mol. The van der Waals surface area contributed by atoms with E-state index in [2.05, 4.69) is 31.4 Å². The Kier molecular flexibility index (Phi) is 6.12. The van der Waals surface area contributed by atoms with Crippen LogP contribution in [-0.2, 0) is 11.3 Å². The number of hydrogen-bond acceptors (Lipinski definition) is 6. The van der Waals surface area contributed by atoms with Crippen LogP contribution in [-0.4, -0.2) is 44.0 Å². The number of carbonyl (C=O) groups excluding carboxylic acids is 1. The number of carbonyl (C=O) groups is 1. The number of rotatable bonds is 8. The standard InChI is InChI=1S/C14H19BrN6O4/c1-9-11(15)7-19(17-9)6-4-5-16-13(22)10(2)20-8-12(21(23)24)14(18-20)25-3/h7-8,10H,4-6H2,1-3H3,(H,16,22). The number of hydrogen-bond donors (Lipinski definition) is 1. The van der Waals surface area contributed by atoms with E-state index in [-0.39, 0.29) is 17.5 Å². The Balaban J connectivity index is 1.86. The second kappa shape index (κ2) is 8.10. The molecule has 0 aliphatic heterocycles. The van der Waals surface area contributed by atoms with Gasteiger partial charge in [-0.3, -0.25) is 19.6 Å². The van der Waals surface area contributed by atoms with Gasteiger partial charge >= 0.3 is 11.6 Å². The monoisotopic (exact) mass is 414 g/mol. The van der Waals surface area contributed by atoms with Gasteiger partial charge in [0, 0.05) is 19.3 Å². The highest BCUT2D eigenvalue weighted by atomic mass is 79.9. The third-order valence-corrected chi connectivity index (χ3v) is 4.37. The molecule has 0 spiro atoms. The first-order valence-corrected chi connectivity index (χ1v) is 8.37. The van der Waals surface area contributed by atoms with Crippen LogP contribution in [0.3, 0.4) is 0 Å². The Bertz CT molecular complexity index is 752. The Morgan fingerprint density at radius 3 is 2.72 bits per heavy atom. The molecule has 0 fully saturated rings. The lowest BCUT2D eigenvalue weighted by Gasteiger charge is -2.12. The van der Waals surface area contributed by atoms with E-state index in [1.54, 1.807) is 11.6 Å². The Hall–Kier alpha value is -2.43. The molecule has 11 heteroatoms. The number of halogens is 1. The van der Waals surface area contributed by atoms with Crippen molar-refractivity contribution in [2.24, 2.45) is 0 Å². The predicted octanol–water partition coefficient (Wildman–Crippen LogP) is 1.83. The van der Waals surface area contributed by atoms with Gasteiger partial charge in [-0.1, -0.05) is 0 Å². The maximum Gasteiger partial charge on any atom is 0.350 e. The van der Waals surface area contributed by atoms with Crippen molar-refractivity contribution in [1.82, 2.24) is 24.9 Å². The summed E-state index contributed by atoms with van der Waals surface area (Å²) in [5.74, 6) is -0.401. The summed E-state index contributed by atoms with van der Waals surface area (Å²) in [7, 11) is 1.29. The van der Waals surface area contributed by atoms with Gasteiger partial charge in [0.2, 0.25) is 5.91 Å². The summed E-state index contributed by atoms with van der Waals surface area (Å²) in [6.45, 7) is 4.64. The number of nitrogens with zero attached hydrogens (tertiary/aromatic N) is 5. The van der Waals surface area contributed by atoms with E-state index >= 15 is 0 Å². The van der Waals surface area contributed by atoms with Crippen molar-refractivity contribution in [3.63, 3.8) is 0 Å². The van der Waals surface area contributed by atoms with Crippen LogP contribution in [0, 0.1) is 17.0 Å². The van der Waals surface area contributed by atoms with Crippen LogP contribution in [0.15, 0.2) is 16.9 Å². The van der Waals surface area contributed by atoms with Crippen LogP contribution in [0.2, 0.25) is 0 Å². The Morgan fingerprint density at radius 1 is 1.48 bits per heavy atom. The molecule has 25 heavy (non-hydrogen) atoms. The summed E-state index contributed by atoms with van der Waals surface area (Å²) in [5.41, 5.74) is 0.633.